The van der Waals surface area contributed by atoms with Crippen LogP contribution in [-0.2, 0) is 54.5 Å². The van der Waals surface area contributed by atoms with Crippen molar-refractivity contribution < 1.29 is 28.7 Å². The number of aromatic nitrogens is 1. The number of aryl methyl sites for hydroxylation is 1. The molecule has 4 aromatic rings. The maximum atomic E-state index is 12.7. The molecule has 2 saturated carbocycles. The number of benzene rings is 3. The van der Waals surface area contributed by atoms with Gasteiger partial charge in [-0.05, 0) is 117 Å². The monoisotopic (exact) mass is 954 g/mol. The zero-order valence-corrected chi connectivity index (χ0v) is 41.1. The van der Waals surface area contributed by atoms with E-state index >= 15 is 0 Å². The van der Waals surface area contributed by atoms with Gasteiger partial charge < -0.3 is 30.7 Å². The summed E-state index contributed by atoms with van der Waals surface area (Å²) in [5.74, 6) is -0.190. The second-order valence-corrected chi connectivity index (χ2v) is 20.1. The number of hydrogen-bond donors (Lipinski definition) is 4. The molecule has 13 heteroatoms. The second kappa shape index (κ2) is 25.6. The van der Waals surface area contributed by atoms with Crippen LogP contribution in [-0.4, -0.2) is 114 Å². The van der Waals surface area contributed by atoms with E-state index in [9.17, 15) is 19.2 Å². The fraction of sp³-hybridized carbons (Fsp3) is 0.526. The molecule has 0 radical (unpaired) electrons. The molecule has 0 bridgehead atoms. The summed E-state index contributed by atoms with van der Waals surface area (Å²) >= 11 is 0. The molecule has 9 rings (SSSR count). The highest BCUT2D eigenvalue weighted by molar-refractivity contribution is 5.84. The predicted molar refractivity (Wildman–Crippen MR) is 272 cm³/mol. The standard InChI is InChI=1S/C30H39N3O3.C27H36N4O3/c34-28(12-13-29(35)32-27-11-10-24-8-4-5-9-26(24)27)31-25-14-16-30(17-15-25,33-18-20-36-21-19-33)22-23-6-2-1-3-7-23;32-25(29-21-23-10-14-28-15-11-23)6-7-26(33)30-24-8-12-27(13-9-24,31-16-18-34-19-17-31)20-22-4-2-1-3-5-22/h1-9,25,27H,10-22H2,(H,31,34)(H,32,35);1-5,10-11,14-15,24H,6-9,12-13,16-21H2,(H,29,32)(H,30,33). The van der Waals surface area contributed by atoms with Gasteiger partial charge in [0.1, 0.15) is 0 Å². The molecular formula is C57H75N7O6. The molecule has 4 N–H and O–H groups in total. The summed E-state index contributed by atoms with van der Waals surface area (Å²) in [5, 5.41) is 12.4. The highest BCUT2D eigenvalue weighted by Crippen LogP contribution is 2.39. The van der Waals surface area contributed by atoms with Crippen molar-refractivity contribution in [2.24, 2.45) is 0 Å². The van der Waals surface area contributed by atoms with Crippen molar-refractivity contribution in [3.63, 3.8) is 0 Å². The van der Waals surface area contributed by atoms with E-state index < -0.39 is 0 Å². The molecule has 1 unspecified atom stereocenters. The third-order valence-electron chi connectivity index (χ3n) is 15.5. The number of carbonyl (C=O) groups is 4. The van der Waals surface area contributed by atoms with Gasteiger partial charge >= 0.3 is 0 Å². The minimum atomic E-state index is -0.107. The van der Waals surface area contributed by atoms with Gasteiger partial charge in [0.25, 0.3) is 0 Å². The third-order valence-corrected chi connectivity index (χ3v) is 15.5. The molecular weight excluding hydrogens is 879 g/mol. The molecule has 4 amide bonds. The van der Waals surface area contributed by atoms with E-state index in [4.69, 9.17) is 9.47 Å². The number of rotatable bonds is 17. The van der Waals surface area contributed by atoms with Crippen LogP contribution in [0.2, 0.25) is 0 Å². The molecule has 2 saturated heterocycles. The van der Waals surface area contributed by atoms with E-state index in [1.165, 1.54) is 22.3 Å². The molecule has 5 aliphatic rings. The summed E-state index contributed by atoms with van der Waals surface area (Å²) < 4.78 is 11.2. The first kappa shape index (κ1) is 50.9. The third kappa shape index (κ3) is 14.6. The van der Waals surface area contributed by atoms with Gasteiger partial charge in [0, 0.05) is 94.0 Å². The van der Waals surface area contributed by atoms with Crippen molar-refractivity contribution in [3.05, 3.63) is 137 Å². The Morgan fingerprint density at radius 1 is 0.514 bits per heavy atom. The molecule has 13 nitrogen and oxygen atoms in total. The molecule has 3 heterocycles. The first-order valence-electron chi connectivity index (χ1n) is 26.1. The summed E-state index contributed by atoms with van der Waals surface area (Å²) in [7, 11) is 0. The summed E-state index contributed by atoms with van der Waals surface area (Å²) in [4.78, 5) is 59.1. The Kier molecular flexibility index (Phi) is 18.6. The highest BCUT2D eigenvalue weighted by atomic mass is 16.5. The first-order valence-corrected chi connectivity index (χ1v) is 26.1. The molecule has 70 heavy (non-hydrogen) atoms. The molecule has 3 aliphatic carbocycles. The van der Waals surface area contributed by atoms with Crippen molar-refractivity contribution in [2.45, 2.75) is 138 Å². The predicted octanol–water partition coefficient (Wildman–Crippen LogP) is 6.79. The van der Waals surface area contributed by atoms with Gasteiger partial charge in [-0.3, -0.25) is 34.0 Å². The van der Waals surface area contributed by atoms with Gasteiger partial charge in [-0.25, -0.2) is 0 Å². The van der Waals surface area contributed by atoms with Crippen LogP contribution < -0.4 is 21.3 Å². The van der Waals surface area contributed by atoms with E-state index in [-0.39, 0.29) is 78.5 Å². The Labute approximate surface area is 415 Å². The molecule has 3 aromatic carbocycles. The quantitative estimate of drug-likeness (QED) is 0.0896. The SMILES string of the molecule is O=C(CCC(=O)NC1CCC(Cc2ccccc2)(N2CCOCC2)CC1)NCc1ccncc1.O=C(CCC(=O)NC1CCc2ccccc21)NC1CCC(Cc2ccccc2)(N2CCOCC2)CC1. The molecule has 1 aromatic heterocycles. The Morgan fingerprint density at radius 3 is 1.46 bits per heavy atom. The minimum absolute atomic E-state index is 0.0103. The van der Waals surface area contributed by atoms with Gasteiger partial charge in [-0.15, -0.1) is 0 Å². The summed E-state index contributed by atoms with van der Waals surface area (Å²) in [6.45, 7) is 7.53. The van der Waals surface area contributed by atoms with E-state index in [0.717, 1.165) is 135 Å². The largest absolute Gasteiger partial charge is 0.379 e. The number of nitrogens with zero attached hydrogens (tertiary/aromatic N) is 3. The average molecular weight is 954 g/mol. The van der Waals surface area contributed by atoms with Gasteiger partial charge in [-0.1, -0.05) is 84.9 Å². The Hall–Kier alpha value is -5.47. The van der Waals surface area contributed by atoms with Crippen LogP contribution in [0.15, 0.2) is 109 Å². The second-order valence-electron chi connectivity index (χ2n) is 20.1. The van der Waals surface area contributed by atoms with Gasteiger partial charge in [-0.2, -0.15) is 0 Å². The average Bonchev–Trinajstić information content (AvgIpc) is 3.82. The number of carbonyl (C=O) groups excluding carboxylic acids is 4. The number of pyridine rings is 1. The fourth-order valence-electron chi connectivity index (χ4n) is 11.7. The van der Waals surface area contributed by atoms with Crippen LogP contribution in [0.4, 0.5) is 0 Å². The molecule has 2 aliphatic heterocycles. The van der Waals surface area contributed by atoms with Crippen molar-refractivity contribution >= 4 is 23.6 Å². The van der Waals surface area contributed by atoms with E-state index in [1.807, 2.05) is 24.3 Å². The molecule has 0 spiro atoms. The number of ether oxygens (including phenoxy) is 2. The normalized spacial score (nSPS) is 24.8. The minimum Gasteiger partial charge on any atom is -0.379 e. The Bertz CT molecular complexity index is 2250. The van der Waals surface area contributed by atoms with Gasteiger partial charge in [0.2, 0.25) is 23.6 Å². The van der Waals surface area contributed by atoms with Crippen LogP contribution in [0.3, 0.4) is 0 Å². The van der Waals surface area contributed by atoms with Crippen LogP contribution in [0, 0.1) is 0 Å². The smallest absolute Gasteiger partial charge is 0.220 e. The van der Waals surface area contributed by atoms with Crippen molar-refractivity contribution in [1.82, 2.24) is 36.1 Å². The number of amides is 4. The number of hydrogen-bond acceptors (Lipinski definition) is 9. The topological polar surface area (TPSA) is 154 Å². The van der Waals surface area contributed by atoms with Crippen molar-refractivity contribution in [1.29, 1.82) is 0 Å². The summed E-state index contributed by atoms with van der Waals surface area (Å²) in [6, 6.07) is 34.0. The number of morpholine rings is 2. The Morgan fingerprint density at radius 2 is 0.957 bits per heavy atom. The van der Waals surface area contributed by atoms with Crippen LogP contribution in [0.25, 0.3) is 0 Å². The van der Waals surface area contributed by atoms with Gasteiger partial charge in [0.05, 0.1) is 32.5 Å². The molecule has 1 atom stereocenters. The lowest BCUT2D eigenvalue weighted by Crippen LogP contribution is -2.58. The zero-order valence-electron chi connectivity index (χ0n) is 41.1. The van der Waals surface area contributed by atoms with Crippen LogP contribution in [0.5, 0.6) is 0 Å². The maximum absolute atomic E-state index is 12.7. The first-order chi connectivity index (χ1) is 34.2. The zero-order chi connectivity index (χ0) is 48.4. The summed E-state index contributed by atoms with van der Waals surface area (Å²) in [5.41, 5.74) is 6.53. The lowest BCUT2D eigenvalue weighted by molar-refractivity contribution is -0.127. The van der Waals surface area contributed by atoms with Crippen molar-refractivity contribution in [2.75, 3.05) is 52.6 Å². The van der Waals surface area contributed by atoms with E-state index in [0.29, 0.717) is 6.54 Å². The van der Waals surface area contributed by atoms with E-state index in [2.05, 4.69) is 109 Å². The number of fused-ring (bicyclic) bond motifs is 1. The van der Waals surface area contributed by atoms with Crippen molar-refractivity contribution in [3.8, 4) is 0 Å². The van der Waals surface area contributed by atoms with Crippen LogP contribution in [0.1, 0.15) is 117 Å². The molecule has 4 fully saturated rings. The highest BCUT2D eigenvalue weighted by Gasteiger charge is 2.42. The van der Waals surface area contributed by atoms with Crippen LogP contribution >= 0.6 is 0 Å². The van der Waals surface area contributed by atoms with Gasteiger partial charge in [0.15, 0.2) is 0 Å². The Balaban J connectivity index is 0.000000189. The summed E-state index contributed by atoms with van der Waals surface area (Å²) in [6.07, 6.45) is 16.4. The lowest BCUT2D eigenvalue weighted by Gasteiger charge is -2.50. The number of nitrogens with one attached hydrogen (secondary N) is 4. The molecule has 374 valence electrons. The fourth-order valence-corrected chi connectivity index (χ4v) is 11.7. The lowest BCUT2D eigenvalue weighted by atomic mass is 9.74. The maximum Gasteiger partial charge on any atom is 0.220 e. The van der Waals surface area contributed by atoms with E-state index in [1.54, 1.807) is 12.4 Å².